The number of amides is 3. The lowest BCUT2D eigenvalue weighted by Crippen LogP contribution is -2.59. The molecule has 0 spiro atoms. The van der Waals surface area contributed by atoms with Crippen LogP contribution in [0.1, 0.15) is 26.7 Å². The average molecular weight is 420 g/mol. The Bertz CT molecular complexity index is 613. The summed E-state index contributed by atoms with van der Waals surface area (Å²) < 4.78 is 0. The SMILES string of the molecule is CCC(C)C(NC(=O)C(CC(=O)O)NC(=O)C(N)CO)C(=O)NC(CO)C(=O)O. The molecular weight excluding hydrogens is 392 g/mol. The zero-order valence-electron chi connectivity index (χ0n) is 16.1. The Hall–Kier alpha value is -2.77. The summed E-state index contributed by atoms with van der Waals surface area (Å²) in [7, 11) is 0. The summed E-state index contributed by atoms with van der Waals surface area (Å²) in [5.41, 5.74) is 5.33. The molecule has 0 rings (SSSR count). The van der Waals surface area contributed by atoms with Gasteiger partial charge >= 0.3 is 11.9 Å². The molecule has 0 saturated heterocycles. The summed E-state index contributed by atoms with van der Waals surface area (Å²) in [6.45, 7) is 1.68. The summed E-state index contributed by atoms with van der Waals surface area (Å²) in [5.74, 6) is -6.27. The van der Waals surface area contributed by atoms with Gasteiger partial charge in [-0.2, -0.15) is 0 Å². The highest BCUT2D eigenvalue weighted by Gasteiger charge is 2.33. The van der Waals surface area contributed by atoms with Crippen LogP contribution in [-0.2, 0) is 24.0 Å². The maximum absolute atomic E-state index is 12.5. The quantitative estimate of drug-likeness (QED) is 0.146. The van der Waals surface area contributed by atoms with Crippen LogP contribution in [-0.4, -0.2) is 87.5 Å². The van der Waals surface area contributed by atoms with E-state index < -0.39 is 79.4 Å². The van der Waals surface area contributed by atoms with Crippen molar-refractivity contribution in [3.63, 3.8) is 0 Å². The molecule has 0 heterocycles. The van der Waals surface area contributed by atoms with Gasteiger partial charge in [0.15, 0.2) is 0 Å². The van der Waals surface area contributed by atoms with Gasteiger partial charge in [0.25, 0.3) is 0 Å². The molecule has 0 saturated carbocycles. The van der Waals surface area contributed by atoms with E-state index in [-0.39, 0.29) is 0 Å². The Morgan fingerprint density at radius 2 is 1.41 bits per heavy atom. The maximum Gasteiger partial charge on any atom is 0.328 e. The van der Waals surface area contributed by atoms with Gasteiger partial charge in [-0.05, 0) is 5.92 Å². The standard InChI is InChI=1S/C16H28N4O9/c1-3-7(2)12(15(27)19-10(6-22)16(28)29)20-14(26)9(4-11(23)24)18-13(25)8(17)5-21/h7-10,12,21-22H,3-6,17H2,1-2H3,(H,18,25)(H,19,27)(H,20,26)(H,23,24)(H,28,29). The molecule has 0 aromatic rings. The lowest BCUT2D eigenvalue weighted by Gasteiger charge is -2.27. The topological polar surface area (TPSA) is 228 Å². The third kappa shape index (κ3) is 8.85. The minimum atomic E-state index is -1.59. The van der Waals surface area contributed by atoms with Gasteiger partial charge in [-0.15, -0.1) is 0 Å². The largest absolute Gasteiger partial charge is 0.481 e. The number of rotatable bonds is 13. The minimum absolute atomic E-state index is 0.389. The molecule has 13 heteroatoms. The second kappa shape index (κ2) is 12.6. The van der Waals surface area contributed by atoms with Gasteiger partial charge in [-0.3, -0.25) is 19.2 Å². The van der Waals surface area contributed by atoms with Gasteiger partial charge in [-0.1, -0.05) is 20.3 Å². The van der Waals surface area contributed by atoms with Gasteiger partial charge in [0.1, 0.15) is 24.2 Å². The Kier molecular flexibility index (Phi) is 11.4. The number of aliphatic hydroxyl groups is 2. The van der Waals surface area contributed by atoms with Crippen LogP contribution < -0.4 is 21.7 Å². The molecule has 0 aromatic heterocycles. The normalized spacial score (nSPS) is 15.9. The van der Waals surface area contributed by atoms with E-state index in [4.69, 9.17) is 26.2 Å². The first-order chi connectivity index (χ1) is 13.5. The molecule has 0 aliphatic heterocycles. The first-order valence-electron chi connectivity index (χ1n) is 8.81. The molecular formula is C16H28N4O9. The fraction of sp³-hybridized carbons (Fsp3) is 0.688. The van der Waals surface area contributed by atoms with Crippen molar-refractivity contribution in [1.82, 2.24) is 16.0 Å². The van der Waals surface area contributed by atoms with Gasteiger partial charge in [0, 0.05) is 0 Å². The molecule has 5 unspecified atom stereocenters. The number of aliphatic carboxylic acids is 2. The van der Waals surface area contributed by atoms with Crippen LogP contribution in [0, 0.1) is 5.92 Å². The van der Waals surface area contributed by atoms with Crippen LogP contribution in [0.15, 0.2) is 0 Å². The van der Waals surface area contributed by atoms with Crippen molar-refractivity contribution in [1.29, 1.82) is 0 Å². The second-order valence-electron chi connectivity index (χ2n) is 6.40. The molecule has 29 heavy (non-hydrogen) atoms. The van der Waals surface area contributed by atoms with Crippen LogP contribution in [0.2, 0.25) is 0 Å². The van der Waals surface area contributed by atoms with Gasteiger partial charge in [-0.25, -0.2) is 4.79 Å². The maximum atomic E-state index is 12.5. The number of carbonyl (C=O) groups is 5. The predicted octanol–water partition coefficient (Wildman–Crippen LogP) is -3.64. The number of carboxylic acid groups (broad SMARTS) is 2. The number of aliphatic hydroxyl groups excluding tert-OH is 2. The lowest BCUT2D eigenvalue weighted by atomic mass is 9.97. The number of carbonyl (C=O) groups excluding carboxylic acids is 3. The summed E-state index contributed by atoms with van der Waals surface area (Å²) in [4.78, 5) is 58.7. The molecule has 0 aliphatic carbocycles. The van der Waals surface area contributed by atoms with E-state index >= 15 is 0 Å². The molecule has 3 amide bonds. The number of hydrogen-bond acceptors (Lipinski definition) is 8. The van der Waals surface area contributed by atoms with Crippen LogP contribution in [0.4, 0.5) is 0 Å². The van der Waals surface area contributed by atoms with Crippen LogP contribution >= 0.6 is 0 Å². The predicted molar refractivity (Wildman–Crippen MR) is 97.3 cm³/mol. The van der Waals surface area contributed by atoms with E-state index in [1.807, 2.05) is 0 Å². The molecule has 0 aliphatic rings. The Morgan fingerprint density at radius 3 is 1.83 bits per heavy atom. The molecule has 0 fully saturated rings. The number of nitrogens with one attached hydrogen (secondary N) is 3. The third-order valence-electron chi connectivity index (χ3n) is 4.14. The van der Waals surface area contributed by atoms with Crippen molar-refractivity contribution in [2.45, 2.75) is 50.9 Å². The monoisotopic (exact) mass is 420 g/mol. The number of nitrogens with two attached hydrogens (primary N) is 1. The minimum Gasteiger partial charge on any atom is -0.481 e. The molecule has 0 radical (unpaired) electrons. The Balaban J connectivity index is 5.46. The summed E-state index contributed by atoms with van der Waals surface area (Å²) >= 11 is 0. The van der Waals surface area contributed by atoms with Crippen molar-refractivity contribution in [2.24, 2.45) is 11.7 Å². The zero-order chi connectivity index (χ0) is 22.7. The third-order valence-corrected chi connectivity index (χ3v) is 4.14. The number of hydrogen-bond donors (Lipinski definition) is 8. The second-order valence-corrected chi connectivity index (χ2v) is 6.40. The van der Waals surface area contributed by atoms with Crippen molar-refractivity contribution in [3.8, 4) is 0 Å². The average Bonchev–Trinajstić information content (AvgIpc) is 2.67. The highest BCUT2D eigenvalue weighted by Crippen LogP contribution is 2.09. The van der Waals surface area contributed by atoms with Gasteiger partial charge in [0.2, 0.25) is 17.7 Å². The first kappa shape index (κ1) is 26.2. The van der Waals surface area contributed by atoms with E-state index in [0.717, 1.165) is 0 Å². The smallest absolute Gasteiger partial charge is 0.328 e. The van der Waals surface area contributed by atoms with Crippen molar-refractivity contribution >= 4 is 29.7 Å². The zero-order valence-corrected chi connectivity index (χ0v) is 16.1. The van der Waals surface area contributed by atoms with E-state index in [1.54, 1.807) is 13.8 Å². The Morgan fingerprint density at radius 1 is 0.862 bits per heavy atom. The van der Waals surface area contributed by atoms with Crippen molar-refractivity contribution < 1.29 is 44.4 Å². The molecule has 0 bridgehead atoms. The van der Waals surface area contributed by atoms with Crippen molar-refractivity contribution in [2.75, 3.05) is 13.2 Å². The molecule has 166 valence electrons. The number of carboxylic acids is 2. The van der Waals surface area contributed by atoms with Crippen molar-refractivity contribution in [3.05, 3.63) is 0 Å². The highest BCUT2D eigenvalue weighted by molar-refractivity contribution is 5.95. The van der Waals surface area contributed by atoms with E-state index in [0.29, 0.717) is 6.42 Å². The van der Waals surface area contributed by atoms with E-state index in [9.17, 15) is 24.0 Å². The molecule has 5 atom stereocenters. The fourth-order valence-electron chi connectivity index (χ4n) is 2.15. The Labute approximate surface area is 166 Å². The highest BCUT2D eigenvalue weighted by atomic mass is 16.4. The molecule has 0 aromatic carbocycles. The fourth-order valence-corrected chi connectivity index (χ4v) is 2.15. The van der Waals surface area contributed by atoms with Gasteiger partial charge < -0.3 is 42.1 Å². The molecule has 9 N–H and O–H groups in total. The first-order valence-corrected chi connectivity index (χ1v) is 8.81. The summed E-state index contributed by atoms with van der Waals surface area (Å²) in [6.07, 6.45) is -0.431. The van der Waals surface area contributed by atoms with E-state index in [1.165, 1.54) is 0 Å². The summed E-state index contributed by atoms with van der Waals surface area (Å²) in [6, 6.07) is -5.83. The van der Waals surface area contributed by atoms with Crippen LogP contribution in [0.3, 0.4) is 0 Å². The van der Waals surface area contributed by atoms with Gasteiger partial charge in [0.05, 0.1) is 19.6 Å². The summed E-state index contributed by atoms with van der Waals surface area (Å²) in [5, 5.41) is 42.3. The lowest BCUT2D eigenvalue weighted by molar-refractivity contribution is -0.144. The van der Waals surface area contributed by atoms with Crippen LogP contribution in [0.5, 0.6) is 0 Å². The van der Waals surface area contributed by atoms with E-state index in [2.05, 4.69) is 16.0 Å². The van der Waals surface area contributed by atoms with Crippen LogP contribution in [0.25, 0.3) is 0 Å². The molecule has 13 nitrogen and oxygen atoms in total.